The molecule has 0 saturated carbocycles. The van der Waals surface area contributed by atoms with Gasteiger partial charge in [0.05, 0.1) is 0 Å². The summed E-state index contributed by atoms with van der Waals surface area (Å²) in [5, 5.41) is 0. The van der Waals surface area contributed by atoms with Crippen LogP contribution in [0.5, 0.6) is 0 Å². The molecule has 0 aromatic carbocycles. The number of hydrogen-bond acceptors (Lipinski definition) is 0. The number of allylic oxidation sites excluding steroid dienone is 4. The van der Waals surface area contributed by atoms with Crippen LogP contribution in [0, 0.1) is 45.9 Å². The van der Waals surface area contributed by atoms with Crippen LogP contribution in [0.4, 0.5) is 0 Å². The Morgan fingerprint density at radius 2 is 1.09 bits per heavy atom. The van der Waals surface area contributed by atoms with Crippen LogP contribution in [-0.2, 0) is 0 Å². The summed E-state index contributed by atoms with van der Waals surface area (Å²) in [5.74, 6) is 0.694. The van der Waals surface area contributed by atoms with E-state index in [0.717, 1.165) is 0 Å². The maximum atomic E-state index is 2.28. The Kier molecular flexibility index (Phi) is 4.46. The predicted molar refractivity (Wildman–Crippen MR) is 45.9 cm³/mol. The van der Waals surface area contributed by atoms with E-state index in [1.165, 1.54) is 11.1 Å². The Labute approximate surface area is 102 Å². The third kappa shape index (κ3) is 1.94. The fraction of sp³-hybridized carbons (Fsp3) is 0.600. The van der Waals surface area contributed by atoms with Crippen LogP contribution in [0.1, 0.15) is 34.6 Å². The minimum absolute atomic E-state index is 0. The average Bonchev–Trinajstić information content (AvgIpc) is 2.07. The summed E-state index contributed by atoms with van der Waals surface area (Å²) in [6, 6.07) is 0. The third-order valence-corrected chi connectivity index (χ3v) is 3.04. The molecule has 0 unspecified atom stereocenters. The Morgan fingerprint density at radius 1 is 0.818 bits per heavy atom. The molecule has 11 heavy (non-hydrogen) atoms. The second kappa shape index (κ2) is 4.16. The van der Waals surface area contributed by atoms with E-state index in [1.54, 1.807) is 11.1 Å². The van der Waals surface area contributed by atoms with Crippen LogP contribution in [0.15, 0.2) is 22.3 Å². The van der Waals surface area contributed by atoms with Crippen molar-refractivity contribution in [1.29, 1.82) is 0 Å². The van der Waals surface area contributed by atoms with Crippen LogP contribution in [0.3, 0.4) is 0 Å². The summed E-state index contributed by atoms with van der Waals surface area (Å²) in [7, 11) is 0. The van der Waals surface area contributed by atoms with Gasteiger partial charge in [0.15, 0.2) is 0 Å². The van der Waals surface area contributed by atoms with E-state index in [2.05, 4.69) is 34.6 Å². The molecular weight excluding hydrogens is 277 g/mol. The molecule has 0 amide bonds. The van der Waals surface area contributed by atoms with E-state index in [0.29, 0.717) is 5.92 Å². The van der Waals surface area contributed by atoms with Crippen molar-refractivity contribution in [2.75, 3.05) is 0 Å². The van der Waals surface area contributed by atoms with Gasteiger partial charge in [-0.25, -0.2) is 0 Å². The van der Waals surface area contributed by atoms with Crippen molar-refractivity contribution < 1.29 is 39.9 Å². The first kappa shape index (κ1) is 11.8. The molecule has 0 fully saturated rings. The van der Waals surface area contributed by atoms with Gasteiger partial charge < -0.3 is 0 Å². The molecule has 1 heteroatoms. The first-order chi connectivity index (χ1) is 4.55. The van der Waals surface area contributed by atoms with Gasteiger partial charge in [0.25, 0.3) is 0 Å². The summed E-state index contributed by atoms with van der Waals surface area (Å²) in [6.45, 7) is 11.2. The Morgan fingerprint density at radius 3 is 1.18 bits per heavy atom. The first-order valence-corrected chi connectivity index (χ1v) is 3.90. The molecule has 0 saturated heterocycles. The summed E-state index contributed by atoms with van der Waals surface area (Å²) in [4.78, 5) is 0. The summed E-state index contributed by atoms with van der Waals surface area (Å²) < 4.78 is 0. The van der Waals surface area contributed by atoms with Crippen LogP contribution in [0.2, 0.25) is 0 Å². The molecule has 0 bridgehead atoms. The molecule has 1 aliphatic carbocycles. The van der Waals surface area contributed by atoms with E-state index in [-0.39, 0.29) is 39.9 Å². The van der Waals surface area contributed by atoms with Gasteiger partial charge in [0.1, 0.15) is 0 Å². The summed E-state index contributed by atoms with van der Waals surface area (Å²) in [6.07, 6.45) is 0. The Hall–Kier alpha value is 0.805. The van der Waals surface area contributed by atoms with Gasteiger partial charge in [-0.1, -0.05) is 18.1 Å². The topological polar surface area (TPSA) is 0 Å². The molecule has 0 atom stereocenters. The maximum Gasteiger partial charge on any atom is 0 e. The molecule has 0 N–H and O–H groups in total. The smallest absolute Gasteiger partial charge is 0 e. The molecule has 64 valence electrons. The predicted octanol–water partition coefficient (Wildman–Crippen LogP) is 3.31. The molecule has 0 aromatic rings. The van der Waals surface area contributed by atoms with Gasteiger partial charge >= 0.3 is 0 Å². The van der Waals surface area contributed by atoms with Crippen molar-refractivity contribution >= 4 is 0 Å². The molecular formula is C10H16Gd. The fourth-order valence-corrected chi connectivity index (χ4v) is 1.57. The zero-order chi connectivity index (χ0) is 7.89. The van der Waals surface area contributed by atoms with Crippen molar-refractivity contribution in [3.63, 3.8) is 0 Å². The second-order valence-electron chi connectivity index (χ2n) is 3.34. The molecule has 1 aliphatic rings. The van der Waals surface area contributed by atoms with Crippen LogP contribution >= 0.6 is 0 Å². The minimum Gasteiger partial charge on any atom is -0.0632 e. The van der Waals surface area contributed by atoms with E-state index >= 15 is 0 Å². The molecule has 0 nitrogen and oxygen atoms in total. The van der Waals surface area contributed by atoms with Crippen molar-refractivity contribution in [2.45, 2.75) is 34.6 Å². The quantitative estimate of drug-likeness (QED) is 0.643. The maximum absolute atomic E-state index is 2.28. The largest absolute Gasteiger partial charge is 0.0632 e. The first-order valence-electron chi connectivity index (χ1n) is 3.90. The van der Waals surface area contributed by atoms with Crippen LogP contribution in [-0.4, -0.2) is 0 Å². The molecule has 0 heterocycles. The zero-order valence-electron chi connectivity index (χ0n) is 7.93. The Balaban J connectivity index is 0.000001000. The average molecular weight is 293 g/mol. The molecule has 0 aromatic heterocycles. The molecule has 0 aliphatic heterocycles. The summed E-state index contributed by atoms with van der Waals surface area (Å²) >= 11 is 0. The van der Waals surface area contributed by atoms with Crippen molar-refractivity contribution in [1.82, 2.24) is 0 Å². The SMILES string of the molecule is CC1=C(C)C(C)C(C)=C1C.[Gd]. The van der Waals surface area contributed by atoms with Gasteiger partial charge in [0, 0.05) is 39.9 Å². The van der Waals surface area contributed by atoms with Gasteiger partial charge in [-0.2, -0.15) is 0 Å². The molecule has 0 radical (unpaired) electrons. The van der Waals surface area contributed by atoms with E-state index in [4.69, 9.17) is 0 Å². The molecule has 0 spiro atoms. The fourth-order valence-electron chi connectivity index (χ4n) is 1.57. The monoisotopic (exact) mass is 294 g/mol. The van der Waals surface area contributed by atoms with Crippen molar-refractivity contribution in [2.24, 2.45) is 5.92 Å². The van der Waals surface area contributed by atoms with E-state index in [1.807, 2.05) is 0 Å². The third-order valence-electron chi connectivity index (χ3n) is 3.04. The Bertz CT molecular complexity index is 197. The minimum atomic E-state index is 0. The van der Waals surface area contributed by atoms with E-state index < -0.39 is 0 Å². The molecule has 1 rings (SSSR count). The standard InChI is InChI=1S/C10H16.Gd/c1-6-7(2)9(4)10(5)8(6)3;/h6H,1-5H3;. The number of hydrogen-bond donors (Lipinski definition) is 0. The number of rotatable bonds is 0. The second-order valence-corrected chi connectivity index (χ2v) is 3.34. The van der Waals surface area contributed by atoms with Crippen molar-refractivity contribution in [3.8, 4) is 0 Å². The van der Waals surface area contributed by atoms with Crippen molar-refractivity contribution in [3.05, 3.63) is 22.3 Å². The zero-order valence-corrected chi connectivity index (χ0v) is 10.2. The van der Waals surface area contributed by atoms with Gasteiger partial charge in [-0.3, -0.25) is 0 Å². The van der Waals surface area contributed by atoms with Gasteiger partial charge in [0.2, 0.25) is 0 Å². The van der Waals surface area contributed by atoms with E-state index in [9.17, 15) is 0 Å². The van der Waals surface area contributed by atoms with Crippen LogP contribution < -0.4 is 0 Å². The normalized spacial score (nSPS) is 19.4. The van der Waals surface area contributed by atoms with Gasteiger partial charge in [-0.15, -0.1) is 0 Å². The van der Waals surface area contributed by atoms with Gasteiger partial charge in [-0.05, 0) is 44.8 Å². The summed E-state index contributed by atoms with van der Waals surface area (Å²) in [5.41, 5.74) is 6.11. The van der Waals surface area contributed by atoms with Crippen LogP contribution in [0.25, 0.3) is 0 Å².